The van der Waals surface area contributed by atoms with E-state index in [0.717, 1.165) is 24.0 Å². The van der Waals surface area contributed by atoms with Gasteiger partial charge in [-0.1, -0.05) is 70.2 Å². The summed E-state index contributed by atoms with van der Waals surface area (Å²) in [4.78, 5) is 4.60. The van der Waals surface area contributed by atoms with Crippen molar-refractivity contribution in [1.29, 1.82) is 0 Å². The molecule has 0 bridgehead atoms. The van der Waals surface area contributed by atoms with Crippen LogP contribution in [0.3, 0.4) is 0 Å². The fourth-order valence-corrected chi connectivity index (χ4v) is 2.87. The molecule has 0 atom stereocenters. The third-order valence-electron chi connectivity index (χ3n) is 4.60. The SMILES string of the molecule is CCC(CC)N=Cc1cccc(C(C)(C)c2ccccc2)c1O. The van der Waals surface area contributed by atoms with Gasteiger partial charge in [-0.25, -0.2) is 0 Å². The van der Waals surface area contributed by atoms with Crippen LogP contribution in [0.15, 0.2) is 53.5 Å². The second-order valence-electron chi connectivity index (χ2n) is 6.48. The van der Waals surface area contributed by atoms with E-state index in [1.54, 1.807) is 0 Å². The van der Waals surface area contributed by atoms with E-state index in [1.165, 1.54) is 5.56 Å². The molecule has 0 amide bonds. The maximum Gasteiger partial charge on any atom is 0.128 e. The van der Waals surface area contributed by atoms with Crippen LogP contribution in [0.4, 0.5) is 0 Å². The van der Waals surface area contributed by atoms with Crippen LogP contribution in [-0.2, 0) is 5.41 Å². The van der Waals surface area contributed by atoms with Crippen LogP contribution in [-0.4, -0.2) is 17.4 Å². The number of aromatic hydroxyl groups is 1. The van der Waals surface area contributed by atoms with E-state index in [4.69, 9.17) is 0 Å². The summed E-state index contributed by atoms with van der Waals surface area (Å²) in [7, 11) is 0. The monoisotopic (exact) mass is 309 g/mol. The lowest BCUT2D eigenvalue weighted by Gasteiger charge is -2.27. The molecule has 0 saturated carbocycles. The average Bonchev–Trinajstić information content (AvgIpc) is 2.57. The fraction of sp³-hybridized carbons (Fsp3) is 0.381. The van der Waals surface area contributed by atoms with Crippen molar-refractivity contribution < 1.29 is 5.11 Å². The number of para-hydroxylation sites is 1. The lowest BCUT2D eigenvalue weighted by molar-refractivity contribution is 0.452. The Hall–Kier alpha value is -2.09. The lowest BCUT2D eigenvalue weighted by atomic mass is 9.77. The van der Waals surface area contributed by atoms with E-state index in [-0.39, 0.29) is 5.41 Å². The topological polar surface area (TPSA) is 32.6 Å². The Bertz CT molecular complexity index is 655. The van der Waals surface area contributed by atoms with E-state index < -0.39 is 0 Å². The lowest BCUT2D eigenvalue weighted by Crippen LogP contribution is -2.19. The Morgan fingerprint density at radius 3 is 2.26 bits per heavy atom. The fourth-order valence-electron chi connectivity index (χ4n) is 2.87. The van der Waals surface area contributed by atoms with Gasteiger partial charge in [0.05, 0.1) is 0 Å². The predicted octanol–water partition coefficient (Wildman–Crippen LogP) is 5.33. The standard InChI is InChI=1S/C21H27NO/c1-5-18(6-2)22-15-16-11-10-14-19(20(16)23)21(3,4)17-12-8-7-9-13-17/h7-15,18,23H,5-6H2,1-4H3. The molecule has 0 saturated heterocycles. The van der Waals surface area contributed by atoms with Gasteiger partial charge in [-0.05, 0) is 24.5 Å². The van der Waals surface area contributed by atoms with Crippen LogP contribution in [0.25, 0.3) is 0 Å². The van der Waals surface area contributed by atoms with E-state index in [2.05, 4.69) is 44.8 Å². The first-order chi connectivity index (χ1) is 11.0. The van der Waals surface area contributed by atoms with E-state index in [0.29, 0.717) is 11.8 Å². The second kappa shape index (κ2) is 7.45. The molecule has 1 N–H and O–H groups in total. The Morgan fingerprint density at radius 2 is 1.65 bits per heavy atom. The Kier molecular flexibility index (Phi) is 5.59. The van der Waals surface area contributed by atoms with Crippen molar-refractivity contribution in [3.63, 3.8) is 0 Å². The van der Waals surface area contributed by atoms with Crippen molar-refractivity contribution in [3.8, 4) is 5.75 Å². The zero-order valence-corrected chi connectivity index (χ0v) is 14.6. The molecule has 0 spiro atoms. The smallest absolute Gasteiger partial charge is 0.128 e. The van der Waals surface area contributed by atoms with Crippen LogP contribution in [0, 0.1) is 0 Å². The molecule has 0 aliphatic heterocycles. The molecule has 0 aliphatic carbocycles. The highest BCUT2D eigenvalue weighted by molar-refractivity contribution is 5.84. The van der Waals surface area contributed by atoms with Crippen LogP contribution in [0.1, 0.15) is 57.2 Å². The first-order valence-corrected chi connectivity index (χ1v) is 8.41. The Labute approximate surface area is 139 Å². The maximum absolute atomic E-state index is 10.8. The molecule has 0 heterocycles. The van der Waals surface area contributed by atoms with Gasteiger partial charge in [0.25, 0.3) is 0 Å². The number of phenolic OH excluding ortho intramolecular Hbond substituents is 1. The highest BCUT2D eigenvalue weighted by Gasteiger charge is 2.26. The van der Waals surface area contributed by atoms with E-state index in [9.17, 15) is 5.11 Å². The summed E-state index contributed by atoms with van der Waals surface area (Å²) < 4.78 is 0. The highest BCUT2D eigenvalue weighted by Crippen LogP contribution is 2.37. The summed E-state index contributed by atoms with van der Waals surface area (Å²) in [5.41, 5.74) is 2.64. The third kappa shape index (κ3) is 3.82. The van der Waals surface area contributed by atoms with Crippen molar-refractivity contribution in [3.05, 3.63) is 65.2 Å². The van der Waals surface area contributed by atoms with E-state index in [1.807, 2.05) is 42.6 Å². The molecule has 2 rings (SSSR count). The highest BCUT2D eigenvalue weighted by atomic mass is 16.3. The van der Waals surface area contributed by atoms with Crippen molar-refractivity contribution >= 4 is 6.21 Å². The van der Waals surface area contributed by atoms with Crippen molar-refractivity contribution in [2.24, 2.45) is 4.99 Å². The van der Waals surface area contributed by atoms with Gasteiger partial charge in [0.15, 0.2) is 0 Å². The molecule has 2 nitrogen and oxygen atoms in total. The Morgan fingerprint density at radius 1 is 1.00 bits per heavy atom. The molecule has 2 heteroatoms. The van der Waals surface area contributed by atoms with E-state index >= 15 is 0 Å². The molecule has 2 aromatic rings. The van der Waals surface area contributed by atoms with Gasteiger partial charge >= 0.3 is 0 Å². The number of aliphatic imine (C=N–C) groups is 1. The number of rotatable bonds is 6. The number of nitrogens with zero attached hydrogens (tertiary/aromatic N) is 1. The summed E-state index contributed by atoms with van der Waals surface area (Å²) in [6.45, 7) is 8.55. The van der Waals surface area contributed by atoms with Gasteiger partial charge < -0.3 is 5.11 Å². The normalized spacial score (nSPS) is 12.2. The van der Waals surface area contributed by atoms with Crippen LogP contribution in [0.5, 0.6) is 5.75 Å². The van der Waals surface area contributed by atoms with Gasteiger partial charge in [-0.2, -0.15) is 0 Å². The molecule has 0 aromatic heterocycles. The van der Waals surface area contributed by atoms with Crippen LogP contribution < -0.4 is 0 Å². The number of hydrogen-bond acceptors (Lipinski definition) is 2. The number of phenols is 1. The first kappa shape index (κ1) is 17.3. The zero-order chi connectivity index (χ0) is 16.9. The second-order valence-corrected chi connectivity index (χ2v) is 6.48. The first-order valence-electron chi connectivity index (χ1n) is 8.41. The minimum absolute atomic E-state index is 0.260. The zero-order valence-electron chi connectivity index (χ0n) is 14.6. The van der Waals surface area contributed by atoms with Gasteiger partial charge in [0.1, 0.15) is 5.75 Å². The van der Waals surface area contributed by atoms with Crippen LogP contribution in [0.2, 0.25) is 0 Å². The molecule has 0 unspecified atom stereocenters. The molecule has 23 heavy (non-hydrogen) atoms. The van der Waals surface area contributed by atoms with Gasteiger partial charge in [0.2, 0.25) is 0 Å². The number of benzene rings is 2. The summed E-state index contributed by atoms with van der Waals surface area (Å²) in [5, 5.41) is 10.8. The summed E-state index contributed by atoms with van der Waals surface area (Å²) in [6, 6.07) is 16.5. The maximum atomic E-state index is 10.8. The van der Waals surface area contributed by atoms with Crippen molar-refractivity contribution in [1.82, 2.24) is 0 Å². The molecule has 2 aromatic carbocycles. The molecular formula is C21H27NO. The minimum Gasteiger partial charge on any atom is -0.507 e. The number of hydrogen-bond donors (Lipinski definition) is 1. The molecule has 122 valence electrons. The van der Waals surface area contributed by atoms with Gasteiger partial charge in [-0.3, -0.25) is 4.99 Å². The summed E-state index contributed by atoms with van der Waals surface area (Å²) in [6.07, 6.45) is 3.85. The van der Waals surface area contributed by atoms with Gasteiger partial charge in [-0.15, -0.1) is 0 Å². The third-order valence-corrected chi connectivity index (χ3v) is 4.60. The molecule has 0 radical (unpaired) electrons. The molecule has 0 aliphatic rings. The summed E-state index contributed by atoms with van der Waals surface area (Å²) in [5.74, 6) is 0.330. The molecule has 0 fully saturated rings. The minimum atomic E-state index is -0.260. The molecular weight excluding hydrogens is 282 g/mol. The Balaban J connectivity index is 2.40. The quantitative estimate of drug-likeness (QED) is 0.719. The average molecular weight is 309 g/mol. The largest absolute Gasteiger partial charge is 0.507 e. The summed E-state index contributed by atoms with van der Waals surface area (Å²) >= 11 is 0. The van der Waals surface area contributed by atoms with Crippen molar-refractivity contribution in [2.45, 2.75) is 52.0 Å². The predicted molar refractivity (Wildman–Crippen MR) is 98.6 cm³/mol. The van der Waals surface area contributed by atoms with Crippen molar-refractivity contribution in [2.75, 3.05) is 0 Å². The van der Waals surface area contributed by atoms with Gasteiger partial charge in [0, 0.05) is 28.8 Å². The van der Waals surface area contributed by atoms with Crippen LogP contribution >= 0.6 is 0 Å².